The second-order valence-corrected chi connectivity index (χ2v) is 8.17. The topological polar surface area (TPSA) is 108 Å². The summed E-state index contributed by atoms with van der Waals surface area (Å²) in [5.74, 6) is -3.91. The number of benzene rings is 2. The molecular formula is C23H20ClN3O4S. The molecule has 1 heterocycles. The Morgan fingerprint density at radius 1 is 1.19 bits per heavy atom. The molecule has 0 aliphatic carbocycles. The maximum atomic E-state index is 12.9. The summed E-state index contributed by atoms with van der Waals surface area (Å²) in [6.07, 6.45) is 0. The predicted molar refractivity (Wildman–Crippen MR) is 123 cm³/mol. The SMILES string of the molecule is CCOC(=O)[C@H]1C(=O)NC(SCC(=O)Nc2ccccc2)=C(C#N)[C@@H]1c1ccccc1Cl. The monoisotopic (exact) mass is 469 g/mol. The van der Waals surface area contributed by atoms with E-state index in [1.54, 1.807) is 55.5 Å². The molecule has 164 valence electrons. The normalized spacial score (nSPS) is 17.8. The Morgan fingerprint density at radius 3 is 2.53 bits per heavy atom. The highest BCUT2D eigenvalue weighted by atomic mass is 35.5. The number of nitrogens with one attached hydrogen (secondary N) is 2. The maximum absolute atomic E-state index is 12.9. The highest BCUT2D eigenvalue weighted by molar-refractivity contribution is 8.03. The highest BCUT2D eigenvalue weighted by Gasteiger charge is 2.45. The van der Waals surface area contributed by atoms with Gasteiger partial charge in [-0.1, -0.05) is 59.8 Å². The molecule has 2 amide bonds. The number of hydrogen-bond acceptors (Lipinski definition) is 6. The number of halogens is 1. The number of amides is 2. The summed E-state index contributed by atoms with van der Waals surface area (Å²) in [6, 6.07) is 17.7. The van der Waals surface area contributed by atoms with Gasteiger partial charge in [0, 0.05) is 16.6 Å². The molecule has 0 bridgehead atoms. The van der Waals surface area contributed by atoms with Crippen LogP contribution in [0.2, 0.25) is 5.02 Å². The number of nitrogens with zero attached hydrogens (tertiary/aromatic N) is 1. The molecule has 2 aromatic rings. The van der Waals surface area contributed by atoms with E-state index in [4.69, 9.17) is 16.3 Å². The number of rotatable bonds is 7. The summed E-state index contributed by atoms with van der Waals surface area (Å²) < 4.78 is 5.09. The number of ether oxygens (including phenoxy) is 1. The fourth-order valence-corrected chi connectivity index (χ4v) is 4.45. The third-order valence-corrected chi connectivity index (χ3v) is 6.08. The average molecular weight is 470 g/mol. The third-order valence-electron chi connectivity index (χ3n) is 4.71. The van der Waals surface area contributed by atoms with Gasteiger partial charge in [-0.05, 0) is 30.7 Å². The number of hydrogen-bond donors (Lipinski definition) is 2. The van der Waals surface area contributed by atoms with Crippen LogP contribution in [0, 0.1) is 17.2 Å². The number of carbonyl (C=O) groups excluding carboxylic acids is 3. The van der Waals surface area contributed by atoms with Gasteiger partial charge in [0.15, 0.2) is 0 Å². The van der Waals surface area contributed by atoms with E-state index in [1.807, 2.05) is 6.07 Å². The molecule has 1 aliphatic heterocycles. The minimum absolute atomic E-state index is 0.0466. The molecule has 3 rings (SSSR count). The second kappa shape index (κ2) is 10.8. The van der Waals surface area contributed by atoms with Crippen LogP contribution in [0.25, 0.3) is 0 Å². The molecule has 2 atom stereocenters. The van der Waals surface area contributed by atoms with Crippen molar-refractivity contribution in [2.45, 2.75) is 12.8 Å². The van der Waals surface area contributed by atoms with Gasteiger partial charge in [-0.2, -0.15) is 5.26 Å². The van der Waals surface area contributed by atoms with Gasteiger partial charge < -0.3 is 15.4 Å². The number of allylic oxidation sites excluding steroid dienone is 1. The summed E-state index contributed by atoms with van der Waals surface area (Å²) in [4.78, 5) is 37.9. The third kappa shape index (κ3) is 5.31. The zero-order valence-corrected chi connectivity index (χ0v) is 18.7. The molecule has 0 saturated carbocycles. The van der Waals surface area contributed by atoms with E-state index in [0.717, 1.165) is 11.8 Å². The molecule has 0 saturated heterocycles. The molecule has 0 fully saturated rings. The first-order valence-electron chi connectivity index (χ1n) is 9.80. The lowest BCUT2D eigenvalue weighted by Crippen LogP contribution is -2.44. The number of para-hydroxylation sites is 1. The summed E-state index contributed by atoms with van der Waals surface area (Å²) in [5, 5.41) is 15.8. The van der Waals surface area contributed by atoms with Gasteiger partial charge in [-0.3, -0.25) is 14.4 Å². The molecule has 7 nitrogen and oxygen atoms in total. The van der Waals surface area contributed by atoms with Crippen molar-refractivity contribution in [3.8, 4) is 6.07 Å². The maximum Gasteiger partial charge on any atom is 0.319 e. The number of carbonyl (C=O) groups is 3. The van der Waals surface area contributed by atoms with Crippen LogP contribution in [0.3, 0.4) is 0 Å². The summed E-state index contributed by atoms with van der Waals surface area (Å²) in [6.45, 7) is 1.72. The van der Waals surface area contributed by atoms with E-state index in [2.05, 4.69) is 16.7 Å². The zero-order valence-electron chi connectivity index (χ0n) is 17.1. The first-order chi connectivity index (χ1) is 15.5. The van der Waals surface area contributed by atoms with Gasteiger partial charge in [-0.25, -0.2) is 0 Å². The first-order valence-corrected chi connectivity index (χ1v) is 11.2. The Hall–Kier alpha value is -3.28. The molecule has 1 aliphatic rings. The van der Waals surface area contributed by atoms with Crippen molar-refractivity contribution in [1.82, 2.24) is 5.32 Å². The Bertz CT molecular complexity index is 1100. The van der Waals surface area contributed by atoms with Gasteiger partial charge in [0.1, 0.15) is 5.92 Å². The lowest BCUT2D eigenvalue weighted by Gasteiger charge is -2.31. The van der Waals surface area contributed by atoms with Crippen molar-refractivity contribution in [3.63, 3.8) is 0 Å². The van der Waals surface area contributed by atoms with Gasteiger partial charge in [0.25, 0.3) is 0 Å². The van der Waals surface area contributed by atoms with E-state index in [0.29, 0.717) is 16.3 Å². The van der Waals surface area contributed by atoms with Crippen LogP contribution in [-0.4, -0.2) is 30.1 Å². The summed E-state index contributed by atoms with van der Waals surface area (Å²) in [5.41, 5.74) is 1.25. The lowest BCUT2D eigenvalue weighted by molar-refractivity contribution is -0.152. The van der Waals surface area contributed by atoms with Crippen LogP contribution in [0.15, 0.2) is 65.2 Å². The van der Waals surface area contributed by atoms with Crippen LogP contribution in [0.1, 0.15) is 18.4 Å². The van der Waals surface area contributed by atoms with E-state index < -0.39 is 23.7 Å². The molecule has 0 spiro atoms. The average Bonchev–Trinajstić information content (AvgIpc) is 2.78. The smallest absolute Gasteiger partial charge is 0.319 e. The highest BCUT2D eigenvalue weighted by Crippen LogP contribution is 2.42. The number of nitriles is 1. The molecule has 2 aromatic carbocycles. The minimum Gasteiger partial charge on any atom is -0.465 e. The molecule has 0 unspecified atom stereocenters. The first kappa shape index (κ1) is 23.4. The fourth-order valence-electron chi connectivity index (χ4n) is 3.34. The van der Waals surface area contributed by atoms with Crippen LogP contribution in [0.5, 0.6) is 0 Å². The van der Waals surface area contributed by atoms with E-state index in [-0.39, 0.29) is 28.9 Å². The van der Waals surface area contributed by atoms with Crippen LogP contribution in [0.4, 0.5) is 5.69 Å². The van der Waals surface area contributed by atoms with Crippen LogP contribution >= 0.6 is 23.4 Å². The zero-order chi connectivity index (χ0) is 23.1. The van der Waals surface area contributed by atoms with Crippen molar-refractivity contribution in [2.24, 2.45) is 5.92 Å². The number of anilines is 1. The molecule has 32 heavy (non-hydrogen) atoms. The molecular weight excluding hydrogens is 450 g/mol. The fraction of sp³-hybridized carbons (Fsp3) is 0.217. The molecule has 0 aromatic heterocycles. The molecule has 0 radical (unpaired) electrons. The van der Waals surface area contributed by atoms with E-state index >= 15 is 0 Å². The second-order valence-electron chi connectivity index (χ2n) is 6.78. The number of esters is 1. The Kier molecular flexibility index (Phi) is 7.92. The lowest BCUT2D eigenvalue weighted by atomic mass is 9.78. The van der Waals surface area contributed by atoms with Gasteiger partial charge in [0.05, 0.1) is 29.0 Å². The van der Waals surface area contributed by atoms with Crippen LogP contribution < -0.4 is 10.6 Å². The van der Waals surface area contributed by atoms with Gasteiger partial charge in [0.2, 0.25) is 11.8 Å². The quantitative estimate of drug-likeness (QED) is 0.471. The van der Waals surface area contributed by atoms with Crippen molar-refractivity contribution >= 4 is 46.8 Å². The number of thioether (sulfide) groups is 1. The molecule has 2 N–H and O–H groups in total. The van der Waals surface area contributed by atoms with Gasteiger partial charge in [-0.15, -0.1) is 0 Å². The van der Waals surface area contributed by atoms with Crippen molar-refractivity contribution in [2.75, 3.05) is 17.7 Å². The Labute approximate surface area is 194 Å². The van der Waals surface area contributed by atoms with Gasteiger partial charge >= 0.3 is 5.97 Å². The predicted octanol–water partition coefficient (Wildman–Crippen LogP) is 3.84. The van der Waals surface area contributed by atoms with Crippen molar-refractivity contribution in [3.05, 3.63) is 75.8 Å². The summed E-state index contributed by atoms with van der Waals surface area (Å²) in [7, 11) is 0. The Balaban J connectivity index is 1.92. The van der Waals surface area contributed by atoms with Crippen molar-refractivity contribution in [1.29, 1.82) is 5.26 Å². The van der Waals surface area contributed by atoms with E-state index in [1.165, 1.54) is 0 Å². The molecule has 9 heteroatoms. The standard InChI is InChI=1S/C23H20ClN3O4S/c1-2-31-23(30)20-19(15-10-6-7-11-17(15)24)16(12-25)22(27-21(20)29)32-13-18(28)26-14-8-4-3-5-9-14/h3-11,19-20H,2,13H2,1H3,(H,26,28)(H,27,29)/t19-,20+/m0/s1. The largest absolute Gasteiger partial charge is 0.465 e. The minimum atomic E-state index is -1.27. The van der Waals surface area contributed by atoms with E-state index in [9.17, 15) is 19.6 Å². The summed E-state index contributed by atoms with van der Waals surface area (Å²) >= 11 is 7.36. The van der Waals surface area contributed by atoms with Crippen LogP contribution in [-0.2, 0) is 19.1 Å². The van der Waals surface area contributed by atoms with Crippen molar-refractivity contribution < 1.29 is 19.1 Å². The Morgan fingerprint density at radius 2 is 1.88 bits per heavy atom.